The Labute approximate surface area is 192 Å². The van der Waals surface area contributed by atoms with Crippen LogP contribution < -0.4 is 10.6 Å². The maximum atomic E-state index is 6.46. The molecule has 2 N–H and O–H groups in total. The van der Waals surface area contributed by atoms with E-state index in [1.165, 1.54) is 19.4 Å². The van der Waals surface area contributed by atoms with Crippen LogP contribution in [0.15, 0.2) is 30.7 Å². The van der Waals surface area contributed by atoms with Crippen LogP contribution in [0.25, 0.3) is 5.69 Å². The van der Waals surface area contributed by atoms with E-state index in [9.17, 15) is 0 Å². The Hall–Kier alpha value is -2.78. The average molecular weight is 454 g/mol. The molecule has 2 aromatic heterocycles. The topological polar surface area (TPSA) is 96.7 Å². The van der Waals surface area contributed by atoms with E-state index < -0.39 is 0 Å². The Kier molecular flexibility index (Phi) is 5.46. The molecule has 0 radical (unpaired) electrons. The van der Waals surface area contributed by atoms with Gasteiger partial charge in [0.1, 0.15) is 11.3 Å². The first-order valence-electron chi connectivity index (χ1n) is 11.1. The molecule has 3 aromatic rings. The fourth-order valence-electron chi connectivity index (χ4n) is 5.18. The minimum Gasteiger partial charge on any atom is -0.366 e. The molecule has 10 heteroatoms. The van der Waals surface area contributed by atoms with E-state index in [2.05, 4.69) is 54.9 Å². The van der Waals surface area contributed by atoms with Crippen LogP contribution >= 0.6 is 11.6 Å². The van der Waals surface area contributed by atoms with Crippen LogP contribution in [-0.2, 0) is 0 Å². The fourth-order valence-corrected chi connectivity index (χ4v) is 5.32. The summed E-state index contributed by atoms with van der Waals surface area (Å²) in [4.78, 5) is 11.7. The third-order valence-electron chi connectivity index (χ3n) is 6.60. The number of hydrogen-bond acceptors (Lipinski definition) is 8. The highest BCUT2D eigenvalue weighted by Crippen LogP contribution is 2.39. The highest BCUT2D eigenvalue weighted by Gasteiger charge is 2.43. The number of nitrogens with one attached hydrogen (secondary N) is 2. The molecular weight excluding hydrogens is 426 g/mol. The van der Waals surface area contributed by atoms with Gasteiger partial charge in [0.25, 0.3) is 0 Å². The van der Waals surface area contributed by atoms with Crippen molar-refractivity contribution in [1.82, 2.24) is 35.1 Å². The van der Waals surface area contributed by atoms with Gasteiger partial charge in [0.15, 0.2) is 5.82 Å². The molecule has 32 heavy (non-hydrogen) atoms. The van der Waals surface area contributed by atoms with E-state index in [-0.39, 0.29) is 5.54 Å². The van der Waals surface area contributed by atoms with Crippen molar-refractivity contribution in [3.05, 3.63) is 41.3 Å². The standard InChI is InChI=1S/C22H28ClN9/c1-14-6-7-15(10-19(14)32-13-25-29-30-32)27-21-24-12-18(23)20(28-21)26-16-9-17-5-4-8-31(17)22(2,3)11-16/h6-7,10,12-13,16-17H,4-5,8-9,11H2,1-3H3,(H2,24,26,27,28). The minimum absolute atomic E-state index is 0.173. The first-order valence-corrected chi connectivity index (χ1v) is 11.4. The molecule has 2 unspecified atom stereocenters. The van der Waals surface area contributed by atoms with Gasteiger partial charge in [0.05, 0.1) is 11.9 Å². The number of anilines is 3. The predicted octanol–water partition coefficient (Wildman–Crippen LogP) is 3.98. The number of rotatable bonds is 5. The van der Waals surface area contributed by atoms with Gasteiger partial charge in [-0.3, -0.25) is 4.90 Å². The quantitative estimate of drug-likeness (QED) is 0.598. The van der Waals surface area contributed by atoms with E-state index >= 15 is 0 Å². The number of nitrogens with zero attached hydrogens (tertiary/aromatic N) is 7. The highest BCUT2D eigenvalue weighted by molar-refractivity contribution is 6.32. The van der Waals surface area contributed by atoms with Gasteiger partial charge in [-0.25, -0.2) is 9.67 Å². The molecule has 2 aliphatic heterocycles. The summed E-state index contributed by atoms with van der Waals surface area (Å²) < 4.78 is 1.63. The number of aryl methyl sites for hydroxylation is 1. The molecule has 2 aliphatic rings. The summed E-state index contributed by atoms with van der Waals surface area (Å²) in [7, 11) is 0. The fraction of sp³-hybridized carbons (Fsp3) is 0.500. The van der Waals surface area contributed by atoms with Crippen molar-refractivity contribution >= 4 is 29.1 Å². The second-order valence-corrected chi connectivity index (χ2v) is 9.76. The third-order valence-corrected chi connectivity index (χ3v) is 6.88. The molecule has 2 atom stereocenters. The molecule has 2 saturated heterocycles. The number of tetrazole rings is 1. The third kappa shape index (κ3) is 4.14. The molecule has 0 amide bonds. The molecule has 0 aliphatic carbocycles. The van der Waals surface area contributed by atoms with E-state index in [0.717, 1.165) is 29.8 Å². The van der Waals surface area contributed by atoms with Crippen molar-refractivity contribution in [2.24, 2.45) is 0 Å². The first-order chi connectivity index (χ1) is 15.4. The number of aromatic nitrogens is 6. The van der Waals surface area contributed by atoms with Gasteiger partial charge in [-0.2, -0.15) is 4.98 Å². The zero-order valence-electron chi connectivity index (χ0n) is 18.6. The molecule has 0 bridgehead atoms. The van der Waals surface area contributed by atoms with Gasteiger partial charge in [-0.15, -0.1) is 5.10 Å². The maximum Gasteiger partial charge on any atom is 0.229 e. The number of halogens is 1. The van der Waals surface area contributed by atoms with Crippen molar-refractivity contribution in [3.8, 4) is 5.69 Å². The Morgan fingerprint density at radius 3 is 2.94 bits per heavy atom. The highest BCUT2D eigenvalue weighted by atomic mass is 35.5. The van der Waals surface area contributed by atoms with Gasteiger partial charge in [0, 0.05) is 23.3 Å². The zero-order chi connectivity index (χ0) is 22.3. The Bertz CT molecular complexity index is 1100. The molecule has 2 fully saturated rings. The Morgan fingerprint density at radius 2 is 2.12 bits per heavy atom. The average Bonchev–Trinajstić information content (AvgIpc) is 3.44. The van der Waals surface area contributed by atoms with Gasteiger partial charge >= 0.3 is 0 Å². The monoisotopic (exact) mass is 453 g/mol. The maximum absolute atomic E-state index is 6.46. The van der Waals surface area contributed by atoms with Gasteiger partial charge < -0.3 is 10.6 Å². The number of benzene rings is 1. The lowest BCUT2D eigenvalue weighted by atomic mass is 9.84. The van der Waals surface area contributed by atoms with Gasteiger partial charge in [0.2, 0.25) is 5.95 Å². The summed E-state index contributed by atoms with van der Waals surface area (Å²) in [5.74, 6) is 1.16. The van der Waals surface area contributed by atoms with Crippen molar-refractivity contribution in [3.63, 3.8) is 0 Å². The second-order valence-electron chi connectivity index (χ2n) is 9.35. The minimum atomic E-state index is 0.173. The summed E-state index contributed by atoms with van der Waals surface area (Å²) in [6, 6.07) is 6.91. The molecule has 5 rings (SSSR count). The van der Waals surface area contributed by atoms with Crippen molar-refractivity contribution in [1.29, 1.82) is 0 Å². The molecular formula is C22H28ClN9. The molecule has 9 nitrogen and oxygen atoms in total. The number of piperidine rings is 1. The summed E-state index contributed by atoms with van der Waals surface area (Å²) in [5.41, 5.74) is 2.96. The first kappa shape index (κ1) is 21.1. The second kappa shape index (κ2) is 8.29. The van der Waals surface area contributed by atoms with Crippen LogP contribution in [0.4, 0.5) is 17.5 Å². The Balaban J connectivity index is 1.34. The van der Waals surface area contributed by atoms with Crippen molar-refractivity contribution < 1.29 is 0 Å². The summed E-state index contributed by atoms with van der Waals surface area (Å²) in [5, 5.41) is 18.8. The summed E-state index contributed by atoms with van der Waals surface area (Å²) in [6.07, 6.45) is 7.94. The van der Waals surface area contributed by atoms with Crippen molar-refractivity contribution in [2.75, 3.05) is 17.2 Å². The van der Waals surface area contributed by atoms with E-state index in [4.69, 9.17) is 11.6 Å². The molecule has 0 saturated carbocycles. The summed E-state index contributed by atoms with van der Waals surface area (Å²) >= 11 is 6.46. The smallest absolute Gasteiger partial charge is 0.229 e. The van der Waals surface area contributed by atoms with Gasteiger partial charge in [-0.05, 0) is 81.1 Å². The lowest BCUT2D eigenvalue weighted by Gasteiger charge is -2.47. The van der Waals surface area contributed by atoms with Gasteiger partial charge in [-0.1, -0.05) is 17.7 Å². The van der Waals surface area contributed by atoms with Crippen LogP contribution in [0.1, 0.15) is 45.1 Å². The van der Waals surface area contributed by atoms with Crippen LogP contribution in [-0.4, -0.2) is 59.2 Å². The van der Waals surface area contributed by atoms with Crippen LogP contribution in [0.3, 0.4) is 0 Å². The molecule has 1 aromatic carbocycles. The van der Waals surface area contributed by atoms with Crippen LogP contribution in [0, 0.1) is 6.92 Å². The van der Waals surface area contributed by atoms with E-state index in [0.29, 0.717) is 28.9 Å². The lowest BCUT2D eigenvalue weighted by Crippen LogP contribution is -2.55. The van der Waals surface area contributed by atoms with Crippen molar-refractivity contribution in [2.45, 2.75) is 64.1 Å². The predicted molar refractivity (Wildman–Crippen MR) is 125 cm³/mol. The molecule has 0 spiro atoms. The van der Waals surface area contributed by atoms with Crippen LogP contribution in [0.5, 0.6) is 0 Å². The largest absolute Gasteiger partial charge is 0.366 e. The van der Waals surface area contributed by atoms with E-state index in [1.807, 2.05) is 25.1 Å². The normalized spacial score (nSPS) is 22.5. The Morgan fingerprint density at radius 1 is 1.25 bits per heavy atom. The van der Waals surface area contributed by atoms with E-state index in [1.54, 1.807) is 17.2 Å². The molecule has 4 heterocycles. The molecule has 168 valence electrons. The number of fused-ring (bicyclic) bond motifs is 1. The SMILES string of the molecule is Cc1ccc(Nc2ncc(Cl)c(NC3CC4CCCN4C(C)(C)C3)n2)cc1-n1cnnn1. The zero-order valence-corrected chi connectivity index (χ0v) is 19.3. The summed E-state index contributed by atoms with van der Waals surface area (Å²) in [6.45, 7) is 7.90. The lowest BCUT2D eigenvalue weighted by molar-refractivity contribution is 0.0501. The number of hydrogen-bond donors (Lipinski definition) is 2. The van der Waals surface area contributed by atoms with Crippen LogP contribution in [0.2, 0.25) is 5.02 Å².